The van der Waals surface area contributed by atoms with Crippen molar-refractivity contribution in [1.82, 2.24) is 14.2 Å². The van der Waals surface area contributed by atoms with Gasteiger partial charge in [-0.05, 0) is 56.9 Å². The van der Waals surface area contributed by atoms with Gasteiger partial charge >= 0.3 is 0 Å². The van der Waals surface area contributed by atoms with E-state index in [1.165, 1.54) is 0 Å². The van der Waals surface area contributed by atoms with Crippen molar-refractivity contribution in [3.63, 3.8) is 0 Å². The number of benzene rings is 1. The van der Waals surface area contributed by atoms with Crippen molar-refractivity contribution >= 4 is 31.9 Å². The molecule has 1 saturated heterocycles. The Bertz CT molecular complexity index is 985. The number of halogens is 1. The van der Waals surface area contributed by atoms with E-state index in [1.807, 2.05) is 49.1 Å². The minimum atomic E-state index is -3.22. The van der Waals surface area contributed by atoms with Crippen molar-refractivity contribution in [3.05, 3.63) is 51.8 Å². The predicted molar refractivity (Wildman–Crippen MR) is 114 cm³/mol. The number of aromatic nitrogens is 1. The molecule has 8 heteroatoms. The number of amides is 1. The molecule has 2 aromatic rings. The molecule has 1 aliphatic heterocycles. The number of rotatable bonds is 5. The lowest BCUT2D eigenvalue weighted by Gasteiger charge is -2.32. The van der Waals surface area contributed by atoms with E-state index in [4.69, 9.17) is 0 Å². The molecule has 1 atom stereocenters. The molecule has 0 bridgehead atoms. The summed E-state index contributed by atoms with van der Waals surface area (Å²) in [4.78, 5) is 15.0. The second-order valence-electron chi connectivity index (χ2n) is 7.48. The largest absolute Gasteiger partial charge is 0.338 e. The number of aryl methyl sites for hydroxylation is 1. The molecule has 1 unspecified atom stereocenters. The maximum atomic E-state index is 13.2. The maximum Gasteiger partial charge on any atom is 0.255 e. The van der Waals surface area contributed by atoms with Crippen LogP contribution < -0.4 is 4.72 Å². The van der Waals surface area contributed by atoms with Gasteiger partial charge in [-0.25, -0.2) is 13.1 Å². The van der Waals surface area contributed by atoms with E-state index in [1.54, 1.807) is 0 Å². The molecule has 6 nitrogen and oxygen atoms in total. The van der Waals surface area contributed by atoms with Crippen LogP contribution in [0.25, 0.3) is 5.69 Å². The van der Waals surface area contributed by atoms with Crippen molar-refractivity contribution < 1.29 is 13.2 Å². The third-order valence-corrected chi connectivity index (χ3v) is 6.35. The summed E-state index contributed by atoms with van der Waals surface area (Å²) in [5.41, 5.74) is 3.63. The molecule has 3 rings (SSSR count). The summed E-state index contributed by atoms with van der Waals surface area (Å²) in [6.07, 6.45) is 2.96. The van der Waals surface area contributed by atoms with Gasteiger partial charge in [0.1, 0.15) is 0 Å². The second kappa shape index (κ2) is 8.39. The highest BCUT2D eigenvalue weighted by Crippen LogP contribution is 2.26. The van der Waals surface area contributed by atoms with Gasteiger partial charge in [-0.2, -0.15) is 0 Å². The van der Waals surface area contributed by atoms with E-state index in [9.17, 15) is 13.2 Å². The lowest BCUT2D eigenvalue weighted by Crippen LogP contribution is -2.43. The van der Waals surface area contributed by atoms with Crippen LogP contribution in [-0.2, 0) is 10.0 Å². The van der Waals surface area contributed by atoms with Crippen LogP contribution in [0.15, 0.2) is 34.8 Å². The van der Waals surface area contributed by atoms with Gasteiger partial charge in [0.2, 0.25) is 10.0 Å². The molecule has 152 valence electrons. The number of carbonyl (C=O) groups excluding carboxylic acids is 1. The smallest absolute Gasteiger partial charge is 0.255 e. The van der Waals surface area contributed by atoms with E-state index in [2.05, 4.69) is 25.2 Å². The highest BCUT2D eigenvalue weighted by Gasteiger charge is 2.27. The molecule has 2 heterocycles. The summed E-state index contributed by atoms with van der Waals surface area (Å²) in [5, 5.41) is 0. The lowest BCUT2D eigenvalue weighted by molar-refractivity contribution is 0.0675. The second-order valence-corrected chi connectivity index (χ2v) is 10.2. The number of carbonyl (C=O) groups is 1. The van der Waals surface area contributed by atoms with E-state index in [-0.39, 0.29) is 11.8 Å². The molecule has 0 aliphatic carbocycles. The van der Waals surface area contributed by atoms with Gasteiger partial charge in [-0.3, -0.25) is 4.79 Å². The quantitative estimate of drug-likeness (QED) is 0.733. The monoisotopic (exact) mass is 467 g/mol. The third-order valence-electron chi connectivity index (χ3n) is 5.17. The van der Waals surface area contributed by atoms with Crippen LogP contribution in [0, 0.1) is 19.8 Å². The molecule has 28 heavy (non-hydrogen) atoms. The fraction of sp³-hybridized carbons (Fsp3) is 0.450. The van der Waals surface area contributed by atoms with E-state index < -0.39 is 10.0 Å². The first-order chi connectivity index (χ1) is 13.2. The Kier molecular flexibility index (Phi) is 6.31. The van der Waals surface area contributed by atoms with Crippen LogP contribution in [0.1, 0.15) is 34.6 Å². The summed E-state index contributed by atoms with van der Waals surface area (Å²) in [6, 6.07) is 9.94. The van der Waals surface area contributed by atoms with Gasteiger partial charge in [0.15, 0.2) is 0 Å². The molecular formula is C20H26BrN3O3S. The molecule has 1 N–H and O–H groups in total. The maximum absolute atomic E-state index is 13.2. The molecular weight excluding hydrogens is 442 g/mol. The number of sulfonamides is 1. The van der Waals surface area contributed by atoms with Crippen LogP contribution in [0.5, 0.6) is 0 Å². The van der Waals surface area contributed by atoms with E-state index >= 15 is 0 Å². The summed E-state index contributed by atoms with van der Waals surface area (Å²) >= 11 is 3.50. The normalized spacial score (nSPS) is 17.7. The Hall–Kier alpha value is -1.64. The molecule has 1 aromatic heterocycles. The zero-order valence-electron chi connectivity index (χ0n) is 16.4. The molecule has 0 radical (unpaired) electrons. The minimum absolute atomic E-state index is 0.0124. The van der Waals surface area contributed by atoms with Crippen LogP contribution in [0.4, 0.5) is 0 Å². The van der Waals surface area contributed by atoms with Crippen LogP contribution in [0.3, 0.4) is 0 Å². The van der Waals surface area contributed by atoms with Crippen molar-refractivity contribution in [1.29, 1.82) is 0 Å². The number of piperidine rings is 1. The fourth-order valence-corrected chi connectivity index (χ4v) is 4.77. The van der Waals surface area contributed by atoms with Crippen molar-refractivity contribution in [2.75, 3.05) is 25.9 Å². The average molecular weight is 468 g/mol. The Labute approximate surface area is 175 Å². The van der Waals surface area contributed by atoms with Crippen LogP contribution in [-0.4, -0.2) is 49.7 Å². The number of likely N-dealkylation sites (tertiary alicyclic amines) is 1. The van der Waals surface area contributed by atoms with Gasteiger partial charge in [-0.1, -0.05) is 22.0 Å². The fourth-order valence-electron chi connectivity index (χ4n) is 3.85. The van der Waals surface area contributed by atoms with Crippen molar-refractivity contribution in [3.8, 4) is 5.69 Å². The standard InChI is InChI=1S/C20H26BrN3O3S/c1-14-10-19(15(2)24(14)18-8-4-7-17(21)11-18)20(25)23-9-5-6-16(13-23)12-22-28(3,26)27/h4,7-8,10-11,16,22H,5-6,9,12-13H2,1-3H3. The van der Waals surface area contributed by atoms with Gasteiger partial charge in [0.25, 0.3) is 5.91 Å². The number of hydrogen-bond acceptors (Lipinski definition) is 3. The van der Waals surface area contributed by atoms with Gasteiger partial charge in [0, 0.05) is 41.2 Å². The third kappa shape index (κ3) is 4.85. The topological polar surface area (TPSA) is 71.4 Å². The lowest BCUT2D eigenvalue weighted by atomic mass is 9.97. The Morgan fingerprint density at radius 3 is 2.71 bits per heavy atom. The first-order valence-corrected chi connectivity index (χ1v) is 12.0. The van der Waals surface area contributed by atoms with Crippen molar-refractivity contribution in [2.24, 2.45) is 5.92 Å². The number of nitrogens with one attached hydrogen (secondary N) is 1. The summed E-state index contributed by atoms with van der Waals surface area (Å²) in [7, 11) is -3.22. The van der Waals surface area contributed by atoms with E-state index in [0.29, 0.717) is 25.2 Å². The zero-order valence-corrected chi connectivity index (χ0v) is 18.8. The van der Waals surface area contributed by atoms with E-state index in [0.717, 1.165) is 40.6 Å². The summed E-state index contributed by atoms with van der Waals surface area (Å²) < 4.78 is 28.4. The number of hydrogen-bond donors (Lipinski definition) is 1. The predicted octanol–water partition coefficient (Wildman–Crippen LogP) is 3.26. The molecule has 0 spiro atoms. The Morgan fingerprint density at radius 2 is 2.04 bits per heavy atom. The van der Waals surface area contributed by atoms with Gasteiger partial charge in [-0.15, -0.1) is 0 Å². The van der Waals surface area contributed by atoms with Crippen LogP contribution in [0.2, 0.25) is 0 Å². The van der Waals surface area contributed by atoms with Crippen LogP contribution >= 0.6 is 15.9 Å². The first-order valence-electron chi connectivity index (χ1n) is 9.34. The molecule has 1 aromatic carbocycles. The van der Waals surface area contributed by atoms with Crippen molar-refractivity contribution in [2.45, 2.75) is 26.7 Å². The van der Waals surface area contributed by atoms with Gasteiger partial charge in [0.05, 0.1) is 11.8 Å². The highest BCUT2D eigenvalue weighted by molar-refractivity contribution is 9.10. The minimum Gasteiger partial charge on any atom is -0.338 e. The molecule has 1 aliphatic rings. The highest BCUT2D eigenvalue weighted by atomic mass is 79.9. The molecule has 0 saturated carbocycles. The summed E-state index contributed by atoms with van der Waals surface area (Å²) in [5.74, 6) is 0.152. The Balaban J connectivity index is 1.80. The zero-order chi connectivity index (χ0) is 20.5. The first kappa shape index (κ1) is 21.1. The summed E-state index contributed by atoms with van der Waals surface area (Å²) in [6.45, 7) is 5.61. The molecule has 1 amide bonds. The Morgan fingerprint density at radius 1 is 1.29 bits per heavy atom. The average Bonchev–Trinajstić information content (AvgIpc) is 2.93. The SMILES string of the molecule is Cc1cc(C(=O)N2CCCC(CNS(C)(=O)=O)C2)c(C)n1-c1cccc(Br)c1. The molecule has 1 fully saturated rings. The van der Waals surface area contributed by atoms with Gasteiger partial charge < -0.3 is 9.47 Å². The number of nitrogens with zero attached hydrogens (tertiary/aromatic N) is 2.